The lowest BCUT2D eigenvalue weighted by Crippen LogP contribution is -2.09. The first kappa shape index (κ1) is 18.3. The van der Waals surface area contributed by atoms with E-state index >= 15 is 0 Å². The van der Waals surface area contributed by atoms with Crippen molar-refractivity contribution in [1.29, 1.82) is 0 Å². The quantitative estimate of drug-likeness (QED) is 0.585. The number of methoxy groups -OCH3 is 1. The molecule has 0 saturated carbocycles. The van der Waals surface area contributed by atoms with E-state index in [1.165, 1.54) is 0 Å². The molecule has 8 heteroatoms. The second kappa shape index (κ2) is 7.37. The van der Waals surface area contributed by atoms with Gasteiger partial charge in [0.15, 0.2) is 5.82 Å². The number of aromatic nitrogens is 2. The fourth-order valence-corrected chi connectivity index (χ4v) is 3.08. The highest BCUT2D eigenvalue weighted by Crippen LogP contribution is 2.35. The van der Waals surface area contributed by atoms with Crippen LogP contribution < -0.4 is 21.9 Å². The van der Waals surface area contributed by atoms with Crippen LogP contribution in [0.25, 0.3) is 22.6 Å². The highest BCUT2D eigenvalue weighted by atomic mass is 35.5. The molecule has 0 aliphatic rings. The molecule has 0 bridgehead atoms. The van der Waals surface area contributed by atoms with Gasteiger partial charge in [0.1, 0.15) is 11.6 Å². The Labute approximate surface area is 160 Å². The predicted molar refractivity (Wildman–Crippen MR) is 106 cm³/mol. The van der Waals surface area contributed by atoms with Crippen LogP contribution in [0.15, 0.2) is 36.4 Å². The molecule has 0 amide bonds. The summed E-state index contributed by atoms with van der Waals surface area (Å²) in [7, 11) is 1.54. The van der Waals surface area contributed by atoms with E-state index < -0.39 is 0 Å². The number of hydrogen-bond donors (Lipinski definition) is 3. The summed E-state index contributed by atoms with van der Waals surface area (Å²) >= 11 is 12.3. The minimum absolute atomic E-state index is 0.172. The zero-order valence-corrected chi connectivity index (χ0v) is 15.5. The van der Waals surface area contributed by atoms with Crippen LogP contribution >= 0.6 is 23.2 Å². The number of halogens is 2. The SMILES string of the molecule is COc1cc(-c2nc(N)c(CN)c(-c3ccc(Cl)cc3Cl)n2)ccc1N. The van der Waals surface area contributed by atoms with E-state index in [0.29, 0.717) is 49.7 Å². The lowest BCUT2D eigenvalue weighted by Gasteiger charge is -2.14. The standard InChI is InChI=1S/C18H17Cl2N5O/c1-26-15-6-9(2-5-14(15)22)18-24-16(12(8-21)17(23)25-18)11-4-3-10(19)7-13(11)20/h2-7H,8,21-22H2,1H3,(H2,23,24,25). The van der Waals surface area contributed by atoms with Gasteiger partial charge in [-0.3, -0.25) is 0 Å². The maximum Gasteiger partial charge on any atom is 0.162 e. The van der Waals surface area contributed by atoms with Crippen molar-refractivity contribution in [3.63, 3.8) is 0 Å². The Morgan fingerprint density at radius 1 is 1.04 bits per heavy atom. The smallest absolute Gasteiger partial charge is 0.162 e. The summed E-state index contributed by atoms with van der Waals surface area (Å²) < 4.78 is 5.26. The number of ether oxygens (including phenoxy) is 1. The first-order valence-corrected chi connectivity index (χ1v) is 8.46. The Balaban J connectivity index is 2.22. The van der Waals surface area contributed by atoms with Gasteiger partial charge in [0.2, 0.25) is 0 Å². The molecule has 0 spiro atoms. The predicted octanol–water partition coefficient (Wildman–Crippen LogP) is 3.75. The van der Waals surface area contributed by atoms with Crippen molar-refractivity contribution in [2.45, 2.75) is 6.54 Å². The van der Waals surface area contributed by atoms with E-state index in [4.69, 9.17) is 45.1 Å². The normalized spacial score (nSPS) is 10.8. The average Bonchev–Trinajstić information content (AvgIpc) is 2.61. The van der Waals surface area contributed by atoms with Crippen molar-refractivity contribution in [3.05, 3.63) is 52.0 Å². The largest absolute Gasteiger partial charge is 0.495 e. The van der Waals surface area contributed by atoms with E-state index in [1.54, 1.807) is 43.5 Å². The highest BCUT2D eigenvalue weighted by molar-refractivity contribution is 6.36. The van der Waals surface area contributed by atoms with Crippen LogP contribution in [0.4, 0.5) is 11.5 Å². The molecule has 1 heterocycles. The number of nitrogens with two attached hydrogens (primary N) is 3. The van der Waals surface area contributed by atoms with Crippen LogP contribution in [0.3, 0.4) is 0 Å². The molecule has 0 atom stereocenters. The van der Waals surface area contributed by atoms with Gasteiger partial charge in [-0.15, -0.1) is 0 Å². The summed E-state index contributed by atoms with van der Waals surface area (Å²) in [6.45, 7) is 0.172. The van der Waals surface area contributed by atoms with E-state index in [-0.39, 0.29) is 12.4 Å². The Morgan fingerprint density at radius 2 is 1.81 bits per heavy atom. The van der Waals surface area contributed by atoms with Crippen molar-refractivity contribution in [3.8, 4) is 28.4 Å². The van der Waals surface area contributed by atoms with Crippen LogP contribution in [-0.2, 0) is 6.54 Å². The second-order valence-corrected chi connectivity index (χ2v) is 6.39. The summed E-state index contributed by atoms with van der Waals surface area (Å²) in [5.74, 6) is 1.23. The second-order valence-electron chi connectivity index (χ2n) is 5.54. The first-order valence-electron chi connectivity index (χ1n) is 7.70. The van der Waals surface area contributed by atoms with Crippen LogP contribution in [0.1, 0.15) is 5.56 Å². The zero-order valence-electron chi connectivity index (χ0n) is 14.0. The molecular weight excluding hydrogens is 373 g/mol. The zero-order chi connectivity index (χ0) is 18.8. The molecule has 0 radical (unpaired) electrons. The lowest BCUT2D eigenvalue weighted by atomic mass is 10.1. The third kappa shape index (κ3) is 3.39. The third-order valence-electron chi connectivity index (χ3n) is 3.92. The Hall–Kier alpha value is -2.54. The van der Waals surface area contributed by atoms with Crippen molar-refractivity contribution in [2.24, 2.45) is 5.73 Å². The van der Waals surface area contributed by atoms with Gasteiger partial charge >= 0.3 is 0 Å². The summed E-state index contributed by atoms with van der Waals surface area (Å²) in [6, 6.07) is 10.4. The number of anilines is 2. The van der Waals surface area contributed by atoms with Gasteiger partial charge in [0.25, 0.3) is 0 Å². The molecule has 134 valence electrons. The summed E-state index contributed by atoms with van der Waals surface area (Å²) in [5, 5.41) is 0.977. The molecule has 0 aliphatic carbocycles. The number of benzene rings is 2. The molecule has 0 saturated heterocycles. The molecule has 6 N–H and O–H groups in total. The minimum atomic E-state index is 0.172. The van der Waals surface area contributed by atoms with Crippen molar-refractivity contribution < 1.29 is 4.74 Å². The van der Waals surface area contributed by atoms with Gasteiger partial charge < -0.3 is 21.9 Å². The van der Waals surface area contributed by atoms with Crippen molar-refractivity contribution in [2.75, 3.05) is 18.6 Å². The first-order chi connectivity index (χ1) is 12.4. The van der Waals surface area contributed by atoms with Gasteiger partial charge in [-0.1, -0.05) is 23.2 Å². The van der Waals surface area contributed by atoms with E-state index in [0.717, 1.165) is 0 Å². The maximum atomic E-state index is 6.35. The lowest BCUT2D eigenvalue weighted by molar-refractivity contribution is 0.417. The molecule has 0 aliphatic heterocycles. The van der Waals surface area contributed by atoms with E-state index in [2.05, 4.69) is 9.97 Å². The average molecular weight is 390 g/mol. The Morgan fingerprint density at radius 3 is 2.46 bits per heavy atom. The van der Waals surface area contributed by atoms with Gasteiger partial charge in [0, 0.05) is 28.3 Å². The molecule has 3 rings (SSSR count). The monoisotopic (exact) mass is 389 g/mol. The highest BCUT2D eigenvalue weighted by Gasteiger charge is 2.17. The summed E-state index contributed by atoms with van der Waals surface area (Å²) in [6.07, 6.45) is 0. The molecule has 26 heavy (non-hydrogen) atoms. The van der Waals surface area contributed by atoms with Crippen LogP contribution in [0, 0.1) is 0 Å². The van der Waals surface area contributed by atoms with Crippen molar-refractivity contribution >= 4 is 34.7 Å². The fraction of sp³-hybridized carbons (Fsp3) is 0.111. The molecule has 0 unspecified atom stereocenters. The Kier molecular flexibility index (Phi) is 5.18. The van der Waals surface area contributed by atoms with Crippen LogP contribution in [-0.4, -0.2) is 17.1 Å². The van der Waals surface area contributed by atoms with Crippen LogP contribution in [0.2, 0.25) is 10.0 Å². The number of hydrogen-bond acceptors (Lipinski definition) is 6. The number of nitrogens with zero attached hydrogens (tertiary/aromatic N) is 2. The topological polar surface area (TPSA) is 113 Å². The minimum Gasteiger partial charge on any atom is -0.495 e. The van der Waals surface area contributed by atoms with Gasteiger partial charge in [-0.05, 0) is 36.4 Å². The molecule has 6 nitrogen and oxygen atoms in total. The molecule has 0 fully saturated rings. The summed E-state index contributed by atoms with van der Waals surface area (Å²) in [5.41, 5.74) is 20.9. The Bertz CT molecular complexity index is 978. The maximum absolute atomic E-state index is 6.35. The van der Waals surface area contributed by atoms with Gasteiger partial charge in [0.05, 0.1) is 23.5 Å². The number of nitrogen functional groups attached to an aromatic ring is 2. The summed E-state index contributed by atoms with van der Waals surface area (Å²) in [4.78, 5) is 9.02. The van der Waals surface area contributed by atoms with Gasteiger partial charge in [-0.2, -0.15) is 0 Å². The van der Waals surface area contributed by atoms with Gasteiger partial charge in [-0.25, -0.2) is 9.97 Å². The molecule has 3 aromatic rings. The molecular formula is C18H17Cl2N5O. The van der Waals surface area contributed by atoms with E-state index in [1.807, 2.05) is 0 Å². The van der Waals surface area contributed by atoms with E-state index in [9.17, 15) is 0 Å². The fourth-order valence-electron chi connectivity index (χ4n) is 2.59. The number of rotatable bonds is 4. The molecule has 1 aromatic heterocycles. The van der Waals surface area contributed by atoms with Crippen LogP contribution in [0.5, 0.6) is 5.75 Å². The van der Waals surface area contributed by atoms with Crippen molar-refractivity contribution in [1.82, 2.24) is 9.97 Å². The third-order valence-corrected chi connectivity index (χ3v) is 4.47. The molecule has 2 aromatic carbocycles.